The minimum Gasteiger partial charge on any atom is -0.313 e. The Hall–Kier alpha value is -0.130. The maximum Gasteiger partial charge on any atom is 0.170 e. The molecule has 2 rings (SSSR count). The van der Waals surface area contributed by atoms with Gasteiger partial charge in [0.05, 0.1) is 0 Å². The Balaban J connectivity index is 1.85. The third-order valence-electron chi connectivity index (χ3n) is 3.77. The van der Waals surface area contributed by atoms with Crippen LogP contribution < -0.4 is 5.32 Å². The second-order valence-corrected chi connectivity index (χ2v) is 7.40. The van der Waals surface area contributed by atoms with Crippen molar-refractivity contribution in [1.82, 2.24) is 14.7 Å². The molecule has 1 unspecified atom stereocenters. The molecule has 1 atom stereocenters. The molecule has 19 heavy (non-hydrogen) atoms. The highest BCUT2D eigenvalue weighted by molar-refractivity contribution is 8.00. The number of rotatable bonds is 7. The van der Waals surface area contributed by atoms with Gasteiger partial charge in [0, 0.05) is 11.8 Å². The van der Waals surface area contributed by atoms with E-state index in [0.29, 0.717) is 6.04 Å². The first kappa shape index (κ1) is 15.3. The van der Waals surface area contributed by atoms with Crippen LogP contribution in [0, 0.1) is 12.8 Å². The van der Waals surface area contributed by atoms with Crippen molar-refractivity contribution in [3.05, 3.63) is 5.82 Å². The summed E-state index contributed by atoms with van der Waals surface area (Å²) in [7, 11) is 0. The number of nitrogens with one attached hydrogen (secondary N) is 1. The van der Waals surface area contributed by atoms with Crippen LogP contribution in [-0.4, -0.2) is 27.7 Å². The molecule has 1 aliphatic rings. The van der Waals surface area contributed by atoms with Crippen molar-refractivity contribution in [2.45, 2.75) is 62.8 Å². The zero-order chi connectivity index (χ0) is 13.5. The second-order valence-electron chi connectivity index (χ2n) is 5.38. The highest BCUT2D eigenvalue weighted by Crippen LogP contribution is 2.30. The molecule has 0 spiro atoms. The summed E-state index contributed by atoms with van der Waals surface area (Å²) < 4.78 is 5.38. The van der Waals surface area contributed by atoms with Gasteiger partial charge in [-0.05, 0) is 50.2 Å². The van der Waals surface area contributed by atoms with Crippen LogP contribution >= 0.6 is 23.3 Å². The Morgan fingerprint density at radius 3 is 2.79 bits per heavy atom. The van der Waals surface area contributed by atoms with Crippen LogP contribution in [0.25, 0.3) is 0 Å². The van der Waals surface area contributed by atoms with Gasteiger partial charge < -0.3 is 5.32 Å². The topological polar surface area (TPSA) is 37.8 Å². The molecule has 1 N–H and O–H groups in total. The fourth-order valence-electron chi connectivity index (χ4n) is 2.73. The highest BCUT2D eigenvalue weighted by Gasteiger charge is 2.23. The largest absolute Gasteiger partial charge is 0.313 e. The molecule has 0 saturated heterocycles. The van der Waals surface area contributed by atoms with Crippen LogP contribution in [0.3, 0.4) is 0 Å². The van der Waals surface area contributed by atoms with Gasteiger partial charge in [0.25, 0.3) is 0 Å². The first-order valence-corrected chi connectivity index (χ1v) is 9.22. The monoisotopic (exact) mass is 299 g/mol. The van der Waals surface area contributed by atoms with E-state index in [1.165, 1.54) is 50.1 Å². The summed E-state index contributed by atoms with van der Waals surface area (Å²) in [5, 5.41) is 3.75. The number of hydrogen-bond acceptors (Lipinski definition) is 5. The Morgan fingerprint density at radius 2 is 2.16 bits per heavy atom. The normalized spacial score (nSPS) is 18.6. The van der Waals surface area contributed by atoms with E-state index in [4.69, 9.17) is 0 Å². The summed E-state index contributed by atoms with van der Waals surface area (Å²) in [5.74, 6) is 2.91. The van der Waals surface area contributed by atoms with Crippen LogP contribution in [0.15, 0.2) is 4.34 Å². The molecule has 0 bridgehead atoms. The molecular formula is C14H25N3S2. The van der Waals surface area contributed by atoms with Gasteiger partial charge in [-0.3, -0.25) is 0 Å². The zero-order valence-electron chi connectivity index (χ0n) is 12.0. The van der Waals surface area contributed by atoms with Crippen molar-refractivity contribution >= 4 is 23.3 Å². The van der Waals surface area contributed by atoms with Crippen molar-refractivity contribution < 1.29 is 0 Å². The summed E-state index contributed by atoms with van der Waals surface area (Å²) in [6, 6.07) is 0.648. The molecule has 1 heterocycles. The number of nitrogens with zero attached hydrogens (tertiary/aromatic N) is 2. The predicted octanol–water partition coefficient (Wildman–Crippen LogP) is 3.89. The van der Waals surface area contributed by atoms with E-state index < -0.39 is 0 Å². The summed E-state index contributed by atoms with van der Waals surface area (Å²) in [5.41, 5.74) is 0. The molecule has 1 saturated carbocycles. The average Bonchev–Trinajstić information content (AvgIpc) is 2.86. The van der Waals surface area contributed by atoms with Gasteiger partial charge in [-0.15, -0.1) is 0 Å². The quantitative estimate of drug-likeness (QED) is 0.775. The molecule has 1 aromatic rings. The van der Waals surface area contributed by atoms with Crippen molar-refractivity contribution in [3.8, 4) is 0 Å². The standard InChI is InChI=1S/C14H25N3S2/c1-3-9-15-13(12-7-5-4-6-8-12)10-18-14-16-11(2)17-19-14/h12-13,15H,3-10H2,1-2H3. The SMILES string of the molecule is CCCNC(CSc1nc(C)ns1)C1CCCCC1. The maximum atomic E-state index is 4.45. The fourth-order valence-corrected chi connectivity index (χ4v) is 4.59. The number of thioether (sulfide) groups is 1. The molecular weight excluding hydrogens is 274 g/mol. The van der Waals surface area contributed by atoms with Crippen molar-refractivity contribution in [2.75, 3.05) is 12.3 Å². The lowest BCUT2D eigenvalue weighted by Gasteiger charge is -2.30. The number of aryl methyl sites for hydroxylation is 1. The van der Waals surface area contributed by atoms with E-state index in [9.17, 15) is 0 Å². The molecule has 0 radical (unpaired) electrons. The maximum absolute atomic E-state index is 4.45. The molecule has 108 valence electrons. The predicted molar refractivity (Wildman–Crippen MR) is 84.0 cm³/mol. The van der Waals surface area contributed by atoms with Crippen LogP contribution in [0.1, 0.15) is 51.3 Å². The van der Waals surface area contributed by atoms with E-state index in [0.717, 1.165) is 28.4 Å². The zero-order valence-corrected chi connectivity index (χ0v) is 13.7. The third-order valence-corrected chi connectivity index (χ3v) is 5.81. The smallest absolute Gasteiger partial charge is 0.170 e. The van der Waals surface area contributed by atoms with Crippen molar-refractivity contribution in [3.63, 3.8) is 0 Å². The molecule has 0 amide bonds. The van der Waals surface area contributed by atoms with E-state index in [-0.39, 0.29) is 0 Å². The molecule has 3 nitrogen and oxygen atoms in total. The van der Waals surface area contributed by atoms with E-state index in [1.807, 2.05) is 18.7 Å². The van der Waals surface area contributed by atoms with E-state index in [2.05, 4.69) is 21.6 Å². The van der Waals surface area contributed by atoms with Crippen LogP contribution in [0.5, 0.6) is 0 Å². The molecule has 1 aromatic heterocycles. The van der Waals surface area contributed by atoms with Gasteiger partial charge in [0.2, 0.25) is 0 Å². The Bertz CT molecular complexity index is 361. The Labute approximate surface area is 125 Å². The molecule has 0 aromatic carbocycles. The summed E-state index contributed by atoms with van der Waals surface area (Å²) in [4.78, 5) is 4.45. The third kappa shape index (κ3) is 5.04. The number of aromatic nitrogens is 2. The molecule has 1 fully saturated rings. The minimum absolute atomic E-state index is 0.648. The van der Waals surface area contributed by atoms with Crippen molar-refractivity contribution in [2.24, 2.45) is 5.92 Å². The average molecular weight is 300 g/mol. The van der Waals surface area contributed by atoms with Gasteiger partial charge in [-0.1, -0.05) is 37.9 Å². The first-order chi connectivity index (χ1) is 9.29. The summed E-state index contributed by atoms with van der Waals surface area (Å²) in [6.45, 7) is 5.34. The summed E-state index contributed by atoms with van der Waals surface area (Å²) in [6.07, 6.45) is 8.27. The second kappa shape index (κ2) is 8.22. The molecule has 0 aliphatic heterocycles. The number of hydrogen-bond donors (Lipinski definition) is 1. The highest BCUT2D eigenvalue weighted by atomic mass is 32.2. The van der Waals surface area contributed by atoms with Gasteiger partial charge >= 0.3 is 0 Å². The Morgan fingerprint density at radius 1 is 1.37 bits per heavy atom. The van der Waals surface area contributed by atoms with Gasteiger partial charge in [-0.25, -0.2) is 4.98 Å². The lowest BCUT2D eigenvalue weighted by Crippen LogP contribution is -2.39. The van der Waals surface area contributed by atoms with Gasteiger partial charge in [0.1, 0.15) is 5.82 Å². The fraction of sp³-hybridized carbons (Fsp3) is 0.857. The molecule has 1 aliphatic carbocycles. The van der Waals surface area contributed by atoms with Crippen LogP contribution in [-0.2, 0) is 0 Å². The van der Waals surface area contributed by atoms with Gasteiger partial charge in [0.15, 0.2) is 4.34 Å². The first-order valence-electron chi connectivity index (χ1n) is 7.46. The van der Waals surface area contributed by atoms with Crippen LogP contribution in [0.2, 0.25) is 0 Å². The van der Waals surface area contributed by atoms with Gasteiger partial charge in [-0.2, -0.15) is 4.37 Å². The lowest BCUT2D eigenvalue weighted by molar-refractivity contribution is 0.285. The van der Waals surface area contributed by atoms with Crippen LogP contribution in [0.4, 0.5) is 0 Å². The van der Waals surface area contributed by atoms with E-state index >= 15 is 0 Å². The minimum atomic E-state index is 0.648. The molecule has 5 heteroatoms. The Kier molecular flexibility index (Phi) is 6.61. The van der Waals surface area contributed by atoms with Crippen molar-refractivity contribution in [1.29, 1.82) is 0 Å². The van der Waals surface area contributed by atoms with E-state index in [1.54, 1.807) is 0 Å². The lowest BCUT2D eigenvalue weighted by atomic mass is 9.84. The summed E-state index contributed by atoms with van der Waals surface area (Å²) >= 11 is 3.41.